The van der Waals surface area contributed by atoms with Gasteiger partial charge in [-0.15, -0.1) is 0 Å². The van der Waals surface area contributed by atoms with Gasteiger partial charge in [0.05, 0.1) is 24.8 Å². The lowest BCUT2D eigenvalue weighted by Gasteiger charge is -2.10. The second-order valence-electron chi connectivity index (χ2n) is 7.32. The zero-order chi connectivity index (χ0) is 24.9. The van der Waals surface area contributed by atoms with Gasteiger partial charge in [0, 0.05) is 5.02 Å². The summed E-state index contributed by atoms with van der Waals surface area (Å²) in [5.74, 6) is 0.710. The van der Waals surface area contributed by atoms with Crippen LogP contribution in [0.25, 0.3) is 6.08 Å². The Bertz CT molecular complexity index is 1350. The molecule has 0 saturated carbocycles. The van der Waals surface area contributed by atoms with Gasteiger partial charge in [-0.25, -0.2) is 9.79 Å². The number of hydrogen-bond donors (Lipinski definition) is 1. The summed E-state index contributed by atoms with van der Waals surface area (Å²) in [7, 11) is 2.81. The lowest BCUT2D eigenvalue weighted by atomic mass is 10.2. The van der Waals surface area contributed by atoms with Gasteiger partial charge in [0.25, 0.3) is 5.91 Å². The van der Waals surface area contributed by atoms with Crippen molar-refractivity contribution < 1.29 is 28.2 Å². The first kappa shape index (κ1) is 24.4. The van der Waals surface area contributed by atoms with E-state index in [0.29, 0.717) is 38.0 Å². The van der Waals surface area contributed by atoms with Crippen LogP contribution in [0, 0.1) is 6.92 Å². The van der Waals surface area contributed by atoms with Gasteiger partial charge >= 0.3 is 5.97 Å². The molecule has 1 amide bonds. The van der Waals surface area contributed by atoms with Gasteiger partial charge in [-0.3, -0.25) is 4.79 Å². The number of benzene rings is 2. The van der Waals surface area contributed by atoms with Crippen LogP contribution in [0.15, 0.2) is 62.8 Å². The maximum atomic E-state index is 12.5. The van der Waals surface area contributed by atoms with Crippen molar-refractivity contribution in [2.24, 2.45) is 4.99 Å². The molecule has 0 bridgehead atoms. The van der Waals surface area contributed by atoms with Crippen LogP contribution in [0.5, 0.6) is 11.5 Å². The zero-order valence-corrected chi connectivity index (χ0v) is 20.7. The third-order valence-electron chi connectivity index (χ3n) is 5.02. The lowest BCUT2D eigenvalue weighted by Crippen LogP contribution is -2.19. The Morgan fingerprint density at radius 3 is 2.77 bits per heavy atom. The number of hydrogen-bond acceptors (Lipinski definition) is 8. The van der Waals surface area contributed by atoms with Gasteiger partial charge in [0.1, 0.15) is 12.4 Å². The minimum Gasteiger partial charge on any atom is -0.493 e. The summed E-state index contributed by atoms with van der Waals surface area (Å²) in [6.45, 7) is 1.97. The first-order chi connectivity index (χ1) is 16.9. The highest BCUT2D eigenvalue weighted by molar-refractivity contribution is 8.18. The van der Waals surface area contributed by atoms with E-state index in [0.717, 1.165) is 11.1 Å². The number of aliphatic imine (C=N–C) groups is 1. The number of amidine groups is 1. The quantitative estimate of drug-likeness (QED) is 0.329. The number of halogens is 1. The molecule has 3 aromatic rings. The molecule has 2 aromatic carbocycles. The van der Waals surface area contributed by atoms with Crippen molar-refractivity contribution in [1.82, 2.24) is 5.32 Å². The Labute approximate surface area is 210 Å². The van der Waals surface area contributed by atoms with Crippen LogP contribution in [0.1, 0.15) is 27.4 Å². The Balaban J connectivity index is 1.47. The maximum Gasteiger partial charge on any atom is 0.373 e. The van der Waals surface area contributed by atoms with Crippen LogP contribution in [-0.4, -0.2) is 31.3 Å². The van der Waals surface area contributed by atoms with Crippen LogP contribution < -0.4 is 14.8 Å². The van der Waals surface area contributed by atoms with Gasteiger partial charge < -0.3 is 23.9 Å². The van der Waals surface area contributed by atoms with Crippen molar-refractivity contribution >= 4 is 52.2 Å². The average molecular weight is 513 g/mol. The molecule has 35 heavy (non-hydrogen) atoms. The van der Waals surface area contributed by atoms with Gasteiger partial charge in [-0.2, -0.15) is 0 Å². The topological polar surface area (TPSA) is 99.4 Å². The van der Waals surface area contributed by atoms with Crippen LogP contribution in [0.4, 0.5) is 5.69 Å². The molecular weight excluding hydrogens is 492 g/mol. The van der Waals surface area contributed by atoms with Gasteiger partial charge in [0.15, 0.2) is 16.7 Å². The molecule has 8 nitrogen and oxygen atoms in total. The van der Waals surface area contributed by atoms with Crippen molar-refractivity contribution in [3.05, 3.63) is 81.1 Å². The van der Waals surface area contributed by atoms with Crippen molar-refractivity contribution in [1.29, 1.82) is 0 Å². The van der Waals surface area contributed by atoms with E-state index in [2.05, 4.69) is 15.0 Å². The molecule has 2 heterocycles. The number of carbonyl (C=O) groups is 2. The van der Waals surface area contributed by atoms with E-state index in [4.69, 9.17) is 25.5 Å². The third-order valence-corrected chi connectivity index (χ3v) is 6.33. The number of methoxy groups -OCH3 is 2. The molecule has 1 saturated heterocycles. The van der Waals surface area contributed by atoms with E-state index in [1.807, 2.05) is 19.1 Å². The summed E-state index contributed by atoms with van der Waals surface area (Å²) < 4.78 is 21.3. The van der Waals surface area contributed by atoms with Crippen LogP contribution >= 0.6 is 23.4 Å². The van der Waals surface area contributed by atoms with Gasteiger partial charge in [0.2, 0.25) is 5.76 Å². The van der Waals surface area contributed by atoms with Crippen LogP contribution in [-0.2, 0) is 16.1 Å². The highest BCUT2D eigenvalue weighted by Crippen LogP contribution is 2.34. The molecule has 4 rings (SSSR count). The fourth-order valence-electron chi connectivity index (χ4n) is 3.17. The molecule has 1 aliphatic rings. The molecule has 0 unspecified atom stereocenters. The number of furan rings is 1. The summed E-state index contributed by atoms with van der Waals surface area (Å²) in [5, 5.41) is 3.86. The van der Waals surface area contributed by atoms with E-state index in [1.54, 1.807) is 36.4 Å². The Kier molecular flexibility index (Phi) is 7.48. The van der Waals surface area contributed by atoms with Crippen molar-refractivity contribution in [3.8, 4) is 11.5 Å². The fraction of sp³-hybridized carbons (Fsp3) is 0.160. The smallest absolute Gasteiger partial charge is 0.373 e. The SMILES string of the molecule is COC(=O)c1ccc(COc2ccc(/C=C3/SC(=Nc4cccc(Cl)c4C)NC3=O)cc2OC)o1. The Morgan fingerprint density at radius 1 is 1.17 bits per heavy atom. The van der Waals surface area contributed by atoms with Crippen LogP contribution in [0.2, 0.25) is 5.02 Å². The molecule has 0 aliphatic carbocycles. The number of ether oxygens (including phenoxy) is 3. The number of nitrogens with zero attached hydrogens (tertiary/aromatic N) is 1. The summed E-state index contributed by atoms with van der Waals surface area (Å²) in [5.41, 5.74) is 2.28. The van der Waals surface area contributed by atoms with Crippen LogP contribution in [0.3, 0.4) is 0 Å². The second-order valence-corrected chi connectivity index (χ2v) is 8.76. The molecule has 0 atom stereocenters. The summed E-state index contributed by atoms with van der Waals surface area (Å²) >= 11 is 7.40. The maximum absolute atomic E-state index is 12.5. The highest BCUT2D eigenvalue weighted by Gasteiger charge is 2.24. The predicted octanol–water partition coefficient (Wildman–Crippen LogP) is 5.51. The van der Waals surface area contributed by atoms with E-state index < -0.39 is 5.97 Å². The van der Waals surface area contributed by atoms with Gasteiger partial charge in [-0.05, 0) is 72.3 Å². The van der Waals surface area contributed by atoms with E-state index >= 15 is 0 Å². The lowest BCUT2D eigenvalue weighted by molar-refractivity contribution is -0.115. The van der Waals surface area contributed by atoms with E-state index in [9.17, 15) is 9.59 Å². The molecule has 0 spiro atoms. The molecule has 180 valence electrons. The molecule has 1 aliphatic heterocycles. The standard InChI is InChI=1S/C25H21ClN2O6S/c1-14-17(26)5-4-6-18(14)27-25-28-23(29)22(35-25)12-15-7-9-19(21(11-15)31-2)33-13-16-8-10-20(34-16)24(30)32-3/h4-12H,13H2,1-3H3,(H,27,28,29)/b22-12+. The Morgan fingerprint density at radius 2 is 2.00 bits per heavy atom. The van der Waals surface area contributed by atoms with Crippen molar-refractivity contribution in [2.75, 3.05) is 14.2 Å². The monoisotopic (exact) mass is 512 g/mol. The average Bonchev–Trinajstić information content (AvgIpc) is 3.47. The molecular formula is C25H21ClN2O6S. The minimum atomic E-state index is -0.559. The number of thioether (sulfide) groups is 1. The number of esters is 1. The van der Waals surface area contributed by atoms with Gasteiger partial charge in [-0.1, -0.05) is 23.7 Å². The summed E-state index contributed by atoms with van der Waals surface area (Å²) in [6.07, 6.45) is 1.74. The van der Waals surface area contributed by atoms with E-state index in [1.165, 1.54) is 32.0 Å². The molecule has 0 radical (unpaired) electrons. The Hall–Kier alpha value is -3.69. The fourth-order valence-corrected chi connectivity index (χ4v) is 4.17. The van der Waals surface area contributed by atoms with E-state index in [-0.39, 0.29) is 18.3 Å². The largest absolute Gasteiger partial charge is 0.493 e. The second kappa shape index (κ2) is 10.7. The molecule has 10 heteroatoms. The highest BCUT2D eigenvalue weighted by atomic mass is 35.5. The third kappa shape index (κ3) is 5.70. The van der Waals surface area contributed by atoms with Crippen molar-refractivity contribution in [2.45, 2.75) is 13.5 Å². The summed E-state index contributed by atoms with van der Waals surface area (Å²) in [6, 6.07) is 13.9. The number of nitrogens with one attached hydrogen (secondary N) is 1. The molecule has 1 N–H and O–H groups in total. The molecule has 1 aromatic heterocycles. The van der Waals surface area contributed by atoms with Crippen molar-refractivity contribution in [3.63, 3.8) is 0 Å². The summed E-state index contributed by atoms with van der Waals surface area (Å²) in [4.78, 5) is 29.0. The predicted molar refractivity (Wildman–Crippen MR) is 134 cm³/mol. The number of carbonyl (C=O) groups excluding carboxylic acids is 2. The number of rotatable bonds is 7. The number of amides is 1. The zero-order valence-electron chi connectivity index (χ0n) is 19.1. The first-order valence-corrected chi connectivity index (χ1v) is 11.6. The minimum absolute atomic E-state index is 0.0921. The normalized spacial score (nSPS) is 15.4. The molecule has 1 fully saturated rings. The first-order valence-electron chi connectivity index (χ1n) is 10.4.